The number of fused-ring (bicyclic) bond motifs is 1. The fraction of sp³-hybridized carbons (Fsp3) is 0.300. The van der Waals surface area contributed by atoms with Gasteiger partial charge < -0.3 is 5.32 Å². The topological polar surface area (TPSA) is 29.9 Å². The summed E-state index contributed by atoms with van der Waals surface area (Å²) in [6.07, 6.45) is 0. The van der Waals surface area contributed by atoms with E-state index < -0.39 is 0 Å². The van der Waals surface area contributed by atoms with Crippen LogP contribution in [0.1, 0.15) is 13.8 Å². The molecule has 0 atom stereocenters. The van der Waals surface area contributed by atoms with E-state index in [9.17, 15) is 0 Å². The van der Waals surface area contributed by atoms with Gasteiger partial charge in [0.1, 0.15) is 0 Å². The highest BCUT2D eigenvalue weighted by Gasteiger charge is 2.08. The van der Waals surface area contributed by atoms with Gasteiger partial charge in [0, 0.05) is 17.8 Å². The third-order valence-electron chi connectivity index (χ3n) is 1.92. The highest BCUT2D eigenvalue weighted by atomic mass is 35.5. The highest BCUT2D eigenvalue weighted by Crippen LogP contribution is 2.20. The number of rotatable bonds is 2. The molecule has 14 heavy (non-hydrogen) atoms. The lowest BCUT2D eigenvalue weighted by atomic mass is 10.3. The van der Waals surface area contributed by atoms with E-state index in [1.807, 2.05) is 24.3 Å². The summed E-state index contributed by atoms with van der Waals surface area (Å²) in [5.74, 6) is 0.697. The van der Waals surface area contributed by atoms with Gasteiger partial charge in [-0.3, -0.25) is 0 Å². The fourth-order valence-corrected chi connectivity index (χ4v) is 1.57. The van der Waals surface area contributed by atoms with Crippen LogP contribution in [-0.2, 0) is 0 Å². The first-order valence-electron chi connectivity index (χ1n) is 4.58. The number of hydrogen-bond donors (Lipinski definition) is 1. The molecule has 0 aliphatic carbocycles. The Kier molecular flexibility index (Phi) is 2.33. The summed E-state index contributed by atoms with van der Waals surface area (Å²) < 4.78 is 1.55. The zero-order valence-corrected chi connectivity index (χ0v) is 8.92. The van der Waals surface area contributed by atoms with Crippen LogP contribution in [0.4, 0.5) is 5.95 Å². The molecule has 0 spiro atoms. The number of nitrogens with one attached hydrogen (secondary N) is 1. The maximum absolute atomic E-state index is 6.09. The first kappa shape index (κ1) is 9.34. The average molecular weight is 210 g/mol. The van der Waals surface area contributed by atoms with Crippen LogP contribution in [0.3, 0.4) is 0 Å². The Morgan fingerprint density at radius 1 is 1.36 bits per heavy atom. The number of anilines is 1. The zero-order chi connectivity index (χ0) is 10.1. The Balaban J connectivity index is 2.51. The second-order valence-electron chi connectivity index (χ2n) is 3.50. The van der Waals surface area contributed by atoms with Gasteiger partial charge in [-0.15, -0.1) is 0 Å². The minimum Gasteiger partial charge on any atom is -0.352 e. The van der Waals surface area contributed by atoms with Crippen LogP contribution in [0.15, 0.2) is 24.3 Å². The molecule has 0 bridgehead atoms. The van der Waals surface area contributed by atoms with Gasteiger partial charge in [0.15, 0.2) is 0 Å². The molecule has 1 aromatic carbocycles. The predicted molar refractivity (Wildman–Crippen MR) is 59.7 cm³/mol. The van der Waals surface area contributed by atoms with E-state index in [-0.39, 0.29) is 0 Å². The summed E-state index contributed by atoms with van der Waals surface area (Å²) in [5, 5.41) is 3.18. The molecule has 0 aliphatic heterocycles. The maximum Gasteiger partial charge on any atom is 0.219 e. The van der Waals surface area contributed by atoms with E-state index in [0.29, 0.717) is 12.0 Å². The molecule has 0 saturated carbocycles. The Labute approximate surface area is 87.8 Å². The van der Waals surface area contributed by atoms with Crippen molar-refractivity contribution in [1.29, 1.82) is 0 Å². The van der Waals surface area contributed by atoms with Crippen molar-refractivity contribution >= 4 is 28.8 Å². The molecular formula is C10H12ClN3. The summed E-state index contributed by atoms with van der Waals surface area (Å²) in [5.41, 5.74) is 1.84. The SMILES string of the molecule is CC(C)Nc1nc2ccccc2n1Cl. The molecule has 3 nitrogen and oxygen atoms in total. The first-order valence-corrected chi connectivity index (χ1v) is 4.92. The van der Waals surface area contributed by atoms with Crippen molar-refractivity contribution < 1.29 is 0 Å². The molecule has 1 N–H and O–H groups in total. The Hall–Kier alpha value is -1.22. The summed E-state index contributed by atoms with van der Waals surface area (Å²) in [4.78, 5) is 4.37. The lowest BCUT2D eigenvalue weighted by Gasteiger charge is -2.06. The number of imidazole rings is 1. The standard InChI is InChI=1S/C10H12ClN3/c1-7(2)12-10-13-8-5-3-4-6-9(8)14(10)11/h3-7H,1-2H3,(H,12,13). The molecule has 2 aromatic rings. The zero-order valence-electron chi connectivity index (χ0n) is 8.16. The van der Waals surface area contributed by atoms with Crippen LogP contribution in [0.2, 0.25) is 0 Å². The van der Waals surface area contributed by atoms with Gasteiger partial charge >= 0.3 is 0 Å². The highest BCUT2D eigenvalue weighted by molar-refractivity contribution is 6.20. The molecule has 0 saturated heterocycles. The Morgan fingerprint density at radius 2 is 2.07 bits per heavy atom. The van der Waals surface area contributed by atoms with E-state index in [1.165, 1.54) is 0 Å². The number of hydrogen-bond acceptors (Lipinski definition) is 2. The molecular weight excluding hydrogens is 198 g/mol. The molecule has 4 heteroatoms. The molecule has 0 amide bonds. The van der Waals surface area contributed by atoms with E-state index in [2.05, 4.69) is 24.1 Å². The van der Waals surface area contributed by atoms with Crippen molar-refractivity contribution in [1.82, 2.24) is 9.07 Å². The van der Waals surface area contributed by atoms with Crippen LogP contribution in [0, 0.1) is 0 Å². The number of aromatic nitrogens is 2. The largest absolute Gasteiger partial charge is 0.352 e. The minimum atomic E-state index is 0.323. The number of benzene rings is 1. The predicted octanol–water partition coefficient (Wildman–Crippen LogP) is 2.86. The average Bonchev–Trinajstić information content (AvgIpc) is 2.44. The second-order valence-corrected chi connectivity index (χ2v) is 3.84. The van der Waals surface area contributed by atoms with Gasteiger partial charge in [-0.05, 0) is 26.0 Å². The summed E-state index contributed by atoms with van der Waals surface area (Å²) >= 11 is 6.09. The smallest absolute Gasteiger partial charge is 0.219 e. The first-order chi connectivity index (χ1) is 6.68. The van der Waals surface area contributed by atoms with Crippen molar-refractivity contribution in [3.05, 3.63) is 24.3 Å². The van der Waals surface area contributed by atoms with Crippen LogP contribution < -0.4 is 5.32 Å². The summed E-state index contributed by atoms with van der Waals surface area (Å²) in [6.45, 7) is 4.10. The monoisotopic (exact) mass is 209 g/mol. The molecule has 74 valence electrons. The van der Waals surface area contributed by atoms with Crippen LogP contribution in [0.25, 0.3) is 11.0 Å². The summed E-state index contributed by atoms with van der Waals surface area (Å²) in [7, 11) is 0. The van der Waals surface area contributed by atoms with E-state index in [0.717, 1.165) is 11.0 Å². The number of halogens is 1. The Bertz CT molecular complexity index is 448. The molecule has 0 fully saturated rings. The molecule has 2 rings (SSSR count). The van der Waals surface area contributed by atoms with Gasteiger partial charge in [0.25, 0.3) is 0 Å². The molecule has 1 heterocycles. The maximum atomic E-state index is 6.09. The van der Waals surface area contributed by atoms with Crippen molar-refractivity contribution in [3.63, 3.8) is 0 Å². The van der Waals surface area contributed by atoms with E-state index >= 15 is 0 Å². The van der Waals surface area contributed by atoms with Crippen molar-refractivity contribution in [2.45, 2.75) is 19.9 Å². The van der Waals surface area contributed by atoms with Crippen molar-refractivity contribution in [2.24, 2.45) is 0 Å². The van der Waals surface area contributed by atoms with Gasteiger partial charge in [0.2, 0.25) is 5.95 Å². The Morgan fingerprint density at radius 3 is 2.71 bits per heavy atom. The third kappa shape index (κ3) is 1.55. The van der Waals surface area contributed by atoms with Crippen molar-refractivity contribution in [2.75, 3.05) is 5.32 Å². The molecule has 0 aliphatic rings. The van der Waals surface area contributed by atoms with E-state index in [1.54, 1.807) is 4.09 Å². The van der Waals surface area contributed by atoms with E-state index in [4.69, 9.17) is 11.8 Å². The number of para-hydroxylation sites is 2. The molecule has 0 radical (unpaired) electrons. The second kappa shape index (κ2) is 3.50. The number of nitrogens with zero attached hydrogens (tertiary/aromatic N) is 2. The van der Waals surface area contributed by atoms with Crippen LogP contribution in [0.5, 0.6) is 0 Å². The normalized spacial score (nSPS) is 11.1. The quantitative estimate of drug-likeness (QED) is 0.825. The van der Waals surface area contributed by atoms with Gasteiger partial charge in [-0.25, -0.2) is 9.07 Å². The van der Waals surface area contributed by atoms with Crippen LogP contribution in [-0.4, -0.2) is 15.1 Å². The van der Waals surface area contributed by atoms with Gasteiger partial charge in [-0.2, -0.15) is 0 Å². The minimum absolute atomic E-state index is 0.323. The van der Waals surface area contributed by atoms with Crippen LogP contribution >= 0.6 is 11.8 Å². The van der Waals surface area contributed by atoms with Crippen molar-refractivity contribution in [3.8, 4) is 0 Å². The molecule has 0 unspecified atom stereocenters. The summed E-state index contributed by atoms with van der Waals surface area (Å²) in [6, 6.07) is 8.11. The fourth-order valence-electron chi connectivity index (χ4n) is 1.34. The van der Waals surface area contributed by atoms with Gasteiger partial charge in [-0.1, -0.05) is 12.1 Å². The lowest BCUT2D eigenvalue weighted by molar-refractivity contribution is 0.878. The van der Waals surface area contributed by atoms with Gasteiger partial charge in [0.05, 0.1) is 11.0 Å². The lowest BCUT2D eigenvalue weighted by Crippen LogP contribution is -2.12. The molecule has 1 aromatic heterocycles. The third-order valence-corrected chi connectivity index (χ3v) is 2.27.